The molecule has 2 rings (SSSR count). The van der Waals surface area contributed by atoms with Gasteiger partial charge in [-0.3, -0.25) is 20.2 Å². The molecule has 0 saturated heterocycles. The zero-order valence-corrected chi connectivity index (χ0v) is 15.5. The maximum absolute atomic E-state index is 10.8. The molecule has 2 aromatic carbocycles. The molecule has 152 valence electrons. The molecule has 0 aliphatic carbocycles. The summed E-state index contributed by atoms with van der Waals surface area (Å²) < 4.78 is 0. The number of carbonyl (C=O) groups is 2. The number of phenols is 1. The molecule has 0 heterocycles. The smallest absolute Gasteiger partial charge is 0.339 e. The Morgan fingerprint density at radius 1 is 0.966 bits per heavy atom. The average Bonchev–Trinajstić information content (AvgIpc) is 2.60. The van der Waals surface area contributed by atoms with Crippen LogP contribution in [0.4, 0.5) is 11.4 Å². The summed E-state index contributed by atoms with van der Waals surface area (Å²) in [4.78, 5) is 39.9. The standard InChI is InChI=1S/C9H8O3.C7H2Cl2N2O6/c10-8-4-2-1-3-7(8)5-6-9(11)12;8-5-2(10(14)15)1-3(11(16)17)6(9)4(5)7(12)13/h1-6,10H,(H,11,12);1H,(H,12,13). The fourth-order valence-electron chi connectivity index (χ4n) is 1.85. The van der Waals surface area contributed by atoms with Crippen molar-refractivity contribution in [2.24, 2.45) is 0 Å². The number of carboxylic acid groups (broad SMARTS) is 2. The van der Waals surface area contributed by atoms with Gasteiger partial charge in [0.1, 0.15) is 21.4 Å². The largest absolute Gasteiger partial charge is 0.507 e. The Morgan fingerprint density at radius 3 is 1.83 bits per heavy atom. The van der Waals surface area contributed by atoms with Crippen LogP contribution < -0.4 is 0 Å². The molecule has 29 heavy (non-hydrogen) atoms. The maximum atomic E-state index is 10.8. The van der Waals surface area contributed by atoms with E-state index in [1.165, 1.54) is 12.1 Å². The third-order valence-corrected chi connectivity index (χ3v) is 3.88. The van der Waals surface area contributed by atoms with Crippen molar-refractivity contribution in [2.75, 3.05) is 0 Å². The number of rotatable bonds is 5. The number of nitro groups is 2. The predicted molar refractivity (Wildman–Crippen MR) is 102 cm³/mol. The number of phenolic OH excluding ortho intramolecular Hbond substituents is 1. The van der Waals surface area contributed by atoms with Crippen molar-refractivity contribution < 1.29 is 34.8 Å². The number of hydrogen-bond donors (Lipinski definition) is 3. The van der Waals surface area contributed by atoms with Gasteiger partial charge in [-0.25, -0.2) is 9.59 Å². The first-order chi connectivity index (χ1) is 13.5. The maximum Gasteiger partial charge on any atom is 0.339 e. The van der Waals surface area contributed by atoms with Crippen molar-refractivity contribution >= 4 is 52.6 Å². The molecular formula is C16H10Cl2N2O9. The Morgan fingerprint density at radius 2 is 1.45 bits per heavy atom. The number of nitro benzene ring substituents is 2. The van der Waals surface area contributed by atoms with Crippen LogP contribution in [-0.2, 0) is 4.79 Å². The van der Waals surface area contributed by atoms with Gasteiger partial charge in [0.25, 0.3) is 11.4 Å². The van der Waals surface area contributed by atoms with Crippen LogP contribution in [0.3, 0.4) is 0 Å². The Hall–Kier alpha value is -3.70. The molecule has 3 N–H and O–H groups in total. The van der Waals surface area contributed by atoms with Gasteiger partial charge >= 0.3 is 11.9 Å². The Balaban J connectivity index is 0.000000308. The van der Waals surface area contributed by atoms with E-state index in [0.29, 0.717) is 11.6 Å². The first-order valence-electron chi connectivity index (χ1n) is 7.20. The third kappa shape index (κ3) is 6.16. The van der Waals surface area contributed by atoms with E-state index in [-0.39, 0.29) is 5.75 Å². The molecule has 13 heteroatoms. The molecule has 0 aliphatic heterocycles. The van der Waals surface area contributed by atoms with Gasteiger partial charge in [0.05, 0.1) is 15.9 Å². The van der Waals surface area contributed by atoms with E-state index in [0.717, 1.165) is 6.08 Å². The van der Waals surface area contributed by atoms with Gasteiger partial charge in [-0.1, -0.05) is 41.4 Å². The van der Waals surface area contributed by atoms with Crippen LogP contribution in [0.15, 0.2) is 36.4 Å². The van der Waals surface area contributed by atoms with Crippen molar-refractivity contribution in [3.63, 3.8) is 0 Å². The van der Waals surface area contributed by atoms with E-state index in [9.17, 15) is 34.9 Å². The molecule has 0 radical (unpaired) electrons. The number of aromatic hydroxyl groups is 1. The van der Waals surface area contributed by atoms with Gasteiger partial charge in [-0.15, -0.1) is 0 Å². The zero-order chi connectivity index (χ0) is 22.3. The van der Waals surface area contributed by atoms with Crippen molar-refractivity contribution in [1.29, 1.82) is 0 Å². The van der Waals surface area contributed by atoms with Gasteiger partial charge in [0.2, 0.25) is 0 Å². The van der Waals surface area contributed by atoms with Gasteiger partial charge in [0, 0.05) is 11.6 Å². The molecule has 2 aromatic rings. The number of para-hydroxylation sites is 1. The first-order valence-corrected chi connectivity index (χ1v) is 7.96. The summed E-state index contributed by atoms with van der Waals surface area (Å²) in [6.07, 6.45) is 2.33. The number of hydrogen-bond acceptors (Lipinski definition) is 7. The number of carboxylic acids is 2. The highest BCUT2D eigenvalue weighted by Gasteiger charge is 2.31. The molecule has 11 nitrogen and oxygen atoms in total. The molecular weight excluding hydrogens is 435 g/mol. The van der Waals surface area contributed by atoms with Crippen molar-refractivity contribution in [2.45, 2.75) is 0 Å². The minimum atomic E-state index is -1.69. The van der Waals surface area contributed by atoms with Crippen LogP contribution in [0, 0.1) is 20.2 Å². The summed E-state index contributed by atoms with van der Waals surface area (Å²) in [5, 5.41) is 45.8. The highest BCUT2D eigenvalue weighted by Crippen LogP contribution is 2.39. The third-order valence-electron chi connectivity index (χ3n) is 3.11. The van der Waals surface area contributed by atoms with E-state index < -0.39 is 48.8 Å². The molecule has 0 amide bonds. The van der Waals surface area contributed by atoms with E-state index in [4.69, 9.17) is 33.4 Å². The fraction of sp³-hybridized carbons (Fsp3) is 0. The Labute approximate surface area is 171 Å². The molecule has 0 bridgehead atoms. The monoisotopic (exact) mass is 444 g/mol. The molecule has 0 aliphatic rings. The summed E-state index contributed by atoms with van der Waals surface area (Å²) >= 11 is 10.9. The SMILES string of the molecule is O=C(O)C=Cc1ccccc1O.O=C(O)c1c(Cl)c([N+](=O)[O-])cc([N+](=O)[O-])c1Cl. The van der Waals surface area contributed by atoms with E-state index >= 15 is 0 Å². The first kappa shape index (κ1) is 23.3. The second-order valence-corrected chi connectivity index (χ2v) is 5.72. The minimum Gasteiger partial charge on any atom is -0.507 e. The second kappa shape index (κ2) is 10.0. The second-order valence-electron chi connectivity index (χ2n) is 4.97. The predicted octanol–water partition coefficient (Wildman–Crippen LogP) is 4.00. The highest BCUT2D eigenvalue weighted by atomic mass is 35.5. The lowest BCUT2D eigenvalue weighted by Crippen LogP contribution is -2.04. The number of nitrogens with zero attached hydrogens (tertiary/aromatic N) is 2. The molecule has 0 atom stereocenters. The Bertz CT molecular complexity index is 983. The van der Waals surface area contributed by atoms with Gasteiger partial charge < -0.3 is 15.3 Å². The van der Waals surface area contributed by atoms with E-state index in [1.54, 1.807) is 18.2 Å². The lowest BCUT2D eigenvalue weighted by molar-refractivity contribution is -0.394. The van der Waals surface area contributed by atoms with Crippen LogP contribution in [0.2, 0.25) is 10.0 Å². The summed E-state index contributed by atoms with van der Waals surface area (Å²) in [6.45, 7) is 0. The normalized spacial score (nSPS) is 10.1. The fourth-order valence-corrected chi connectivity index (χ4v) is 2.50. The van der Waals surface area contributed by atoms with E-state index in [2.05, 4.69) is 0 Å². The molecule has 0 spiro atoms. The number of halogens is 2. The molecule has 0 unspecified atom stereocenters. The molecule has 0 aromatic heterocycles. The van der Waals surface area contributed by atoms with Gasteiger partial charge in [-0.05, 0) is 12.1 Å². The number of aromatic carboxylic acids is 1. The van der Waals surface area contributed by atoms with Crippen LogP contribution in [0.5, 0.6) is 5.75 Å². The van der Waals surface area contributed by atoms with Crippen molar-refractivity contribution in [1.82, 2.24) is 0 Å². The molecule has 0 saturated carbocycles. The lowest BCUT2D eigenvalue weighted by Gasteiger charge is -2.03. The molecule has 0 fully saturated rings. The van der Waals surface area contributed by atoms with Gasteiger partial charge in [0.15, 0.2) is 0 Å². The number of aliphatic carboxylic acids is 1. The van der Waals surface area contributed by atoms with Gasteiger partial charge in [-0.2, -0.15) is 0 Å². The van der Waals surface area contributed by atoms with Crippen LogP contribution in [-0.4, -0.2) is 37.1 Å². The zero-order valence-electron chi connectivity index (χ0n) is 14.0. The van der Waals surface area contributed by atoms with Crippen LogP contribution in [0.1, 0.15) is 15.9 Å². The summed E-state index contributed by atoms with van der Waals surface area (Å²) in [7, 11) is 0. The Kier molecular flexibility index (Phi) is 8.06. The lowest BCUT2D eigenvalue weighted by atomic mass is 10.1. The van der Waals surface area contributed by atoms with Crippen molar-refractivity contribution in [3.8, 4) is 5.75 Å². The summed E-state index contributed by atoms with van der Waals surface area (Å²) in [5.41, 5.74) is -2.14. The topological polar surface area (TPSA) is 181 Å². The highest BCUT2D eigenvalue weighted by molar-refractivity contribution is 6.41. The number of benzene rings is 2. The van der Waals surface area contributed by atoms with Crippen LogP contribution in [0.25, 0.3) is 6.08 Å². The van der Waals surface area contributed by atoms with E-state index in [1.807, 2.05) is 0 Å². The summed E-state index contributed by atoms with van der Waals surface area (Å²) in [5.74, 6) is -2.64. The quantitative estimate of drug-likeness (QED) is 0.348. The van der Waals surface area contributed by atoms with Crippen LogP contribution >= 0.6 is 23.2 Å². The average molecular weight is 445 g/mol. The van der Waals surface area contributed by atoms with Crippen molar-refractivity contribution in [3.05, 3.63) is 77.8 Å². The summed E-state index contributed by atoms with van der Waals surface area (Å²) in [6, 6.07) is 7.04. The minimum absolute atomic E-state index is 0.0787.